The Labute approximate surface area is 124 Å². The van der Waals surface area contributed by atoms with Crippen LogP contribution in [-0.2, 0) is 4.74 Å². The van der Waals surface area contributed by atoms with Crippen LogP contribution in [-0.4, -0.2) is 44.8 Å². The van der Waals surface area contributed by atoms with Gasteiger partial charge >= 0.3 is 0 Å². The van der Waals surface area contributed by atoms with Gasteiger partial charge in [-0.2, -0.15) is 0 Å². The summed E-state index contributed by atoms with van der Waals surface area (Å²) in [5.41, 5.74) is 4.08. The molecule has 0 spiro atoms. The third-order valence-electron chi connectivity index (χ3n) is 3.89. The van der Waals surface area contributed by atoms with Crippen LogP contribution in [0.1, 0.15) is 36.6 Å². The molecule has 0 bridgehead atoms. The fourth-order valence-electron chi connectivity index (χ4n) is 2.49. The van der Waals surface area contributed by atoms with Crippen molar-refractivity contribution in [3.8, 4) is 0 Å². The predicted octanol–water partition coefficient (Wildman–Crippen LogP) is 2.92. The first-order valence-corrected chi connectivity index (χ1v) is 7.49. The summed E-state index contributed by atoms with van der Waals surface area (Å²) >= 11 is 0. The van der Waals surface area contributed by atoms with E-state index in [1.807, 2.05) is 0 Å². The lowest BCUT2D eigenvalue weighted by Crippen LogP contribution is -2.39. The molecule has 0 aliphatic rings. The van der Waals surface area contributed by atoms with Crippen LogP contribution in [0.4, 0.5) is 0 Å². The molecule has 0 aromatic heterocycles. The Kier molecular flexibility index (Phi) is 7.20. The Hall–Kier alpha value is -0.900. The van der Waals surface area contributed by atoms with E-state index in [-0.39, 0.29) is 0 Å². The van der Waals surface area contributed by atoms with Gasteiger partial charge in [0.05, 0.1) is 6.61 Å². The summed E-state index contributed by atoms with van der Waals surface area (Å²) in [5.74, 6) is 0. The molecule has 0 radical (unpaired) electrons. The van der Waals surface area contributed by atoms with Gasteiger partial charge in [0.1, 0.15) is 0 Å². The van der Waals surface area contributed by atoms with Gasteiger partial charge in [-0.05, 0) is 45.5 Å². The van der Waals surface area contributed by atoms with Crippen molar-refractivity contribution in [3.05, 3.63) is 34.9 Å². The zero-order valence-corrected chi connectivity index (χ0v) is 13.9. The first kappa shape index (κ1) is 17.2. The molecule has 0 heterocycles. The fourth-order valence-corrected chi connectivity index (χ4v) is 2.49. The van der Waals surface area contributed by atoms with Crippen molar-refractivity contribution in [1.82, 2.24) is 10.2 Å². The summed E-state index contributed by atoms with van der Waals surface area (Å²) in [6.45, 7) is 11.4. The van der Waals surface area contributed by atoms with Gasteiger partial charge in [-0.15, -0.1) is 0 Å². The van der Waals surface area contributed by atoms with Crippen LogP contribution in [0, 0.1) is 13.8 Å². The van der Waals surface area contributed by atoms with Crippen LogP contribution in [0.25, 0.3) is 0 Å². The topological polar surface area (TPSA) is 24.5 Å². The van der Waals surface area contributed by atoms with E-state index in [1.54, 1.807) is 7.11 Å². The van der Waals surface area contributed by atoms with Crippen molar-refractivity contribution in [1.29, 1.82) is 0 Å². The zero-order valence-electron chi connectivity index (χ0n) is 13.9. The fraction of sp³-hybridized carbons (Fsp3) is 0.647. The maximum absolute atomic E-state index is 5.25. The molecule has 1 N–H and O–H groups in total. The van der Waals surface area contributed by atoms with Gasteiger partial charge in [-0.3, -0.25) is 4.90 Å². The summed E-state index contributed by atoms with van der Waals surface area (Å²) in [5, 5.41) is 3.61. The Bertz CT molecular complexity index is 406. The van der Waals surface area contributed by atoms with Crippen LogP contribution < -0.4 is 5.32 Å². The van der Waals surface area contributed by atoms with E-state index in [0.717, 1.165) is 19.7 Å². The lowest BCUT2D eigenvalue weighted by Gasteiger charge is -2.30. The summed E-state index contributed by atoms with van der Waals surface area (Å²) in [4.78, 5) is 2.36. The Morgan fingerprint density at radius 2 is 2.00 bits per heavy atom. The van der Waals surface area contributed by atoms with Gasteiger partial charge in [0, 0.05) is 25.7 Å². The summed E-state index contributed by atoms with van der Waals surface area (Å²) in [6, 6.07) is 7.49. The molecule has 1 aromatic carbocycles. The molecule has 0 aliphatic heterocycles. The highest BCUT2D eigenvalue weighted by Gasteiger charge is 2.18. The minimum absolute atomic E-state index is 0.365. The highest BCUT2D eigenvalue weighted by atomic mass is 16.5. The Morgan fingerprint density at radius 1 is 1.30 bits per heavy atom. The summed E-state index contributed by atoms with van der Waals surface area (Å²) in [6.07, 6.45) is 0. The monoisotopic (exact) mass is 278 g/mol. The molecule has 2 atom stereocenters. The van der Waals surface area contributed by atoms with Crippen LogP contribution in [0.3, 0.4) is 0 Å². The van der Waals surface area contributed by atoms with E-state index in [1.165, 1.54) is 16.7 Å². The van der Waals surface area contributed by atoms with Crippen molar-refractivity contribution in [2.75, 3.05) is 33.9 Å². The number of likely N-dealkylation sites (N-methyl/N-ethyl adjacent to an activating group) is 2. The van der Waals surface area contributed by atoms with E-state index < -0.39 is 0 Å². The number of hydrogen-bond acceptors (Lipinski definition) is 3. The molecule has 0 fully saturated rings. The van der Waals surface area contributed by atoms with Crippen molar-refractivity contribution < 1.29 is 4.74 Å². The Balaban J connectivity index is 2.85. The van der Waals surface area contributed by atoms with Crippen LogP contribution in [0.2, 0.25) is 0 Å². The normalized spacial score (nSPS) is 14.6. The standard InChI is InChI=1S/C17H30N2O/c1-7-18-17(11-19(5)15(4)12-20-6)16-10-13(2)8-9-14(16)3/h8-10,15,17-18H,7,11-12H2,1-6H3. The highest BCUT2D eigenvalue weighted by molar-refractivity contribution is 5.33. The largest absolute Gasteiger partial charge is 0.383 e. The smallest absolute Gasteiger partial charge is 0.0615 e. The van der Waals surface area contributed by atoms with Crippen molar-refractivity contribution in [3.63, 3.8) is 0 Å². The van der Waals surface area contributed by atoms with E-state index in [2.05, 4.69) is 63.2 Å². The van der Waals surface area contributed by atoms with Crippen LogP contribution in [0.5, 0.6) is 0 Å². The molecule has 114 valence electrons. The maximum atomic E-state index is 5.25. The van der Waals surface area contributed by atoms with E-state index in [9.17, 15) is 0 Å². The maximum Gasteiger partial charge on any atom is 0.0615 e. The minimum Gasteiger partial charge on any atom is -0.383 e. The van der Waals surface area contributed by atoms with Crippen LogP contribution in [0.15, 0.2) is 18.2 Å². The number of nitrogens with one attached hydrogen (secondary N) is 1. The second kappa shape index (κ2) is 8.40. The second-order valence-corrected chi connectivity index (χ2v) is 5.71. The first-order chi connectivity index (χ1) is 9.49. The number of nitrogens with zero attached hydrogens (tertiary/aromatic N) is 1. The van der Waals surface area contributed by atoms with Crippen molar-refractivity contribution in [2.24, 2.45) is 0 Å². The van der Waals surface area contributed by atoms with Gasteiger partial charge in [-0.25, -0.2) is 0 Å². The van der Waals surface area contributed by atoms with Gasteiger partial charge < -0.3 is 10.1 Å². The number of aryl methyl sites for hydroxylation is 2. The molecule has 1 rings (SSSR count). The zero-order chi connectivity index (χ0) is 15.1. The lowest BCUT2D eigenvalue weighted by atomic mass is 9.98. The molecule has 1 aromatic rings. The number of rotatable bonds is 8. The van der Waals surface area contributed by atoms with Crippen molar-refractivity contribution >= 4 is 0 Å². The molecular weight excluding hydrogens is 248 g/mol. The molecule has 3 nitrogen and oxygen atoms in total. The van der Waals surface area contributed by atoms with Crippen LogP contribution >= 0.6 is 0 Å². The van der Waals surface area contributed by atoms with Gasteiger partial charge in [0.2, 0.25) is 0 Å². The van der Waals surface area contributed by atoms with E-state index >= 15 is 0 Å². The molecule has 0 amide bonds. The molecule has 0 saturated carbocycles. The van der Waals surface area contributed by atoms with Gasteiger partial charge in [0.25, 0.3) is 0 Å². The highest BCUT2D eigenvalue weighted by Crippen LogP contribution is 2.20. The van der Waals surface area contributed by atoms with E-state index in [0.29, 0.717) is 12.1 Å². The van der Waals surface area contributed by atoms with Crippen molar-refractivity contribution in [2.45, 2.75) is 39.8 Å². The van der Waals surface area contributed by atoms with Gasteiger partial charge in [-0.1, -0.05) is 30.7 Å². The lowest BCUT2D eigenvalue weighted by molar-refractivity contribution is 0.109. The molecule has 2 unspecified atom stereocenters. The predicted molar refractivity (Wildman–Crippen MR) is 86.3 cm³/mol. The Morgan fingerprint density at radius 3 is 2.60 bits per heavy atom. The number of hydrogen-bond donors (Lipinski definition) is 1. The average Bonchev–Trinajstić information content (AvgIpc) is 2.41. The third kappa shape index (κ3) is 4.89. The number of benzene rings is 1. The third-order valence-corrected chi connectivity index (χ3v) is 3.89. The summed E-state index contributed by atoms with van der Waals surface area (Å²) in [7, 11) is 3.93. The second-order valence-electron chi connectivity index (χ2n) is 5.71. The quantitative estimate of drug-likeness (QED) is 0.791. The number of ether oxygens (including phenoxy) is 1. The molecule has 0 aliphatic carbocycles. The molecule has 0 saturated heterocycles. The SMILES string of the molecule is CCNC(CN(C)C(C)COC)c1cc(C)ccc1C. The van der Waals surface area contributed by atoms with E-state index in [4.69, 9.17) is 4.74 Å². The first-order valence-electron chi connectivity index (χ1n) is 7.49. The molecule has 3 heteroatoms. The molecular formula is C17H30N2O. The summed E-state index contributed by atoms with van der Waals surface area (Å²) < 4.78 is 5.25. The number of methoxy groups -OCH3 is 1. The van der Waals surface area contributed by atoms with Gasteiger partial charge in [0.15, 0.2) is 0 Å². The average molecular weight is 278 g/mol. The minimum atomic E-state index is 0.365. The molecule has 20 heavy (non-hydrogen) atoms.